The Morgan fingerprint density at radius 2 is 2.28 bits per heavy atom. The summed E-state index contributed by atoms with van der Waals surface area (Å²) in [6.07, 6.45) is 2.44. The fourth-order valence-corrected chi connectivity index (χ4v) is 1.51. The molecule has 0 spiro atoms. The Balaban J connectivity index is 2.59. The predicted octanol–water partition coefficient (Wildman–Crippen LogP) is 1.35. The normalized spacial score (nSPS) is 11.2. The van der Waals surface area contributed by atoms with Crippen molar-refractivity contribution in [3.8, 4) is 5.88 Å². The maximum atomic E-state index is 11.3. The minimum Gasteiger partial charge on any atom is -0.481 e. The summed E-state index contributed by atoms with van der Waals surface area (Å²) in [7, 11) is 4.77. The van der Waals surface area contributed by atoms with Crippen molar-refractivity contribution in [1.82, 2.24) is 9.78 Å². The summed E-state index contributed by atoms with van der Waals surface area (Å²) in [5, 5.41) is 7.29. The Kier molecular flexibility index (Phi) is 5.23. The second-order valence-electron chi connectivity index (χ2n) is 3.65. The number of aryl methyl sites for hydroxylation is 1. The van der Waals surface area contributed by atoms with Gasteiger partial charge in [-0.15, -0.1) is 0 Å². The Morgan fingerprint density at radius 1 is 1.56 bits per heavy atom. The molecule has 1 aromatic rings. The molecule has 0 aliphatic heterocycles. The highest BCUT2D eigenvalue weighted by Gasteiger charge is 2.07. The molecule has 0 aliphatic rings. The molecule has 1 heterocycles. The summed E-state index contributed by atoms with van der Waals surface area (Å²) in [5.74, 6) is 1.08. The summed E-state index contributed by atoms with van der Waals surface area (Å²) < 4.78 is 11.4. The zero-order valence-electron chi connectivity index (χ0n) is 11.2. The van der Waals surface area contributed by atoms with Gasteiger partial charge in [-0.1, -0.05) is 13.0 Å². The first-order valence-electron chi connectivity index (χ1n) is 5.71. The van der Waals surface area contributed by atoms with Gasteiger partial charge in [0.25, 0.3) is 0 Å². The van der Waals surface area contributed by atoms with Crippen LogP contribution in [0.25, 0.3) is 0 Å². The van der Waals surface area contributed by atoms with Crippen molar-refractivity contribution in [1.29, 1.82) is 0 Å². The largest absolute Gasteiger partial charge is 0.481 e. The van der Waals surface area contributed by atoms with Gasteiger partial charge in [0.1, 0.15) is 0 Å². The van der Waals surface area contributed by atoms with Crippen molar-refractivity contribution in [2.24, 2.45) is 7.05 Å². The smallest absolute Gasteiger partial charge is 0.333 e. The molecule has 100 valence electrons. The van der Waals surface area contributed by atoms with E-state index in [2.05, 4.69) is 15.2 Å². The van der Waals surface area contributed by atoms with Gasteiger partial charge < -0.3 is 14.8 Å². The van der Waals surface area contributed by atoms with E-state index in [1.54, 1.807) is 31.0 Å². The molecule has 6 nitrogen and oxygen atoms in total. The fourth-order valence-electron chi connectivity index (χ4n) is 1.51. The summed E-state index contributed by atoms with van der Waals surface area (Å²) in [6, 6.07) is 1.79. The van der Waals surface area contributed by atoms with Crippen molar-refractivity contribution in [3.63, 3.8) is 0 Å². The van der Waals surface area contributed by atoms with Crippen LogP contribution in [0.15, 0.2) is 17.7 Å². The van der Waals surface area contributed by atoms with E-state index in [0.29, 0.717) is 30.2 Å². The van der Waals surface area contributed by atoms with E-state index in [-0.39, 0.29) is 5.97 Å². The molecule has 0 aromatic carbocycles. The number of anilines is 1. The van der Waals surface area contributed by atoms with Gasteiger partial charge in [0.2, 0.25) is 5.88 Å². The molecule has 0 unspecified atom stereocenters. The lowest BCUT2D eigenvalue weighted by molar-refractivity contribution is -0.136. The summed E-state index contributed by atoms with van der Waals surface area (Å²) >= 11 is 0. The van der Waals surface area contributed by atoms with Crippen molar-refractivity contribution in [3.05, 3.63) is 17.7 Å². The Morgan fingerprint density at radius 3 is 2.78 bits per heavy atom. The summed E-state index contributed by atoms with van der Waals surface area (Å²) in [6.45, 7) is 2.42. The van der Waals surface area contributed by atoms with Crippen LogP contribution in [0.4, 0.5) is 5.82 Å². The minimum absolute atomic E-state index is 0.294. The predicted molar refractivity (Wildman–Crippen MR) is 68.6 cm³/mol. The topological polar surface area (TPSA) is 65.4 Å². The van der Waals surface area contributed by atoms with Crippen LogP contribution in [-0.2, 0) is 16.6 Å². The first kappa shape index (κ1) is 14.1. The lowest BCUT2D eigenvalue weighted by Gasteiger charge is -2.02. The van der Waals surface area contributed by atoms with Crippen LogP contribution in [0.5, 0.6) is 5.88 Å². The van der Waals surface area contributed by atoms with Gasteiger partial charge in [0.15, 0.2) is 5.82 Å². The number of nitrogens with zero attached hydrogens (tertiary/aromatic N) is 2. The number of hydrogen-bond acceptors (Lipinski definition) is 5. The van der Waals surface area contributed by atoms with Gasteiger partial charge in [0, 0.05) is 25.2 Å². The standard InChI is InChI=1S/C12H19N3O3/c1-5-9(12(16)18-4)6-7-13-10-8-11(17-3)15(2)14-10/h6,8H,5,7H2,1-4H3,(H,13,14)/b9-6-. The molecule has 0 atom stereocenters. The van der Waals surface area contributed by atoms with Gasteiger partial charge in [-0.2, -0.15) is 5.10 Å². The van der Waals surface area contributed by atoms with Crippen molar-refractivity contribution < 1.29 is 14.3 Å². The molecule has 0 radical (unpaired) electrons. The van der Waals surface area contributed by atoms with Crippen LogP contribution in [-0.4, -0.2) is 36.5 Å². The van der Waals surface area contributed by atoms with E-state index in [1.807, 2.05) is 6.92 Å². The van der Waals surface area contributed by atoms with Crippen LogP contribution >= 0.6 is 0 Å². The number of carbonyl (C=O) groups is 1. The van der Waals surface area contributed by atoms with Crippen LogP contribution in [0.3, 0.4) is 0 Å². The maximum Gasteiger partial charge on any atom is 0.333 e. The van der Waals surface area contributed by atoms with Crippen LogP contribution < -0.4 is 10.1 Å². The molecule has 1 rings (SSSR count). The molecule has 18 heavy (non-hydrogen) atoms. The van der Waals surface area contributed by atoms with E-state index in [4.69, 9.17) is 4.74 Å². The molecule has 0 saturated heterocycles. The quantitative estimate of drug-likeness (QED) is 0.612. The third kappa shape index (κ3) is 3.51. The van der Waals surface area contributed by atoms with Crippen LogP contribution in [0.1, 0.15) is 13.3 Å². The average molecular weight is 253 g/mol. The van der Waals surface area contributed by atoms with Gasteiger partial charge in [-0.05, 0) is 6.42 Å². The fraction of sp³-hybridized carbons (Fsp3) is 0.500. The molecule has 1 N–H and O–H groups in total. The number of esters is 1. The zero-order valence-corrected chi connectivity index (χ0v) is 11.2. The zero-order chi connectivity index (χ0) is 13.5. The van der Waals surface area contributed by atoms with E-state index in [1.165, 1.54) is 7.11 Å². The first-order valence-corrected chi connectivity index (χ1v) is 5.71. The average Bonchev–Trinajstić information content (AvgIpc) is 2.74. The minimum atomic E-state index is -0.294. The van der Waals surface area contributed by atoms with E-state index in [0.717, 1.165) is 0 Å². The van der Waals surface area contributed by atoms with Crippen molar-refractivity contribution >= 4 is 11.8 Å². The number of aromatic nitrogens is 2. The number of ether oxygens (including phenoxy) is 2. The highest BCUT2D eigenvalue weighted by atomic mass is 16.5. The lowest BCUT2D eigenvalue weighted by Crippen LogP contribution is -2.07. The van der Waals surface area contributed by atoms with Gasteiger partial charge in [0.05, 0.1) is 14.2 Å². The highest BCUT2D eigenvalue weighted by Crippen LogP contribution is 2.14. The van der Waals surface area contributed by atoms with Crippen molar-refractivity contribution in [2.75, 3.05) is 26.1 Å². The second kappa shape index (κ2) is 6.68. The third-order valence-electron chi connectivity index (χ3n) is 2.51. The second-order valence-corrected chi connectivity index (χ2v) is 3.65. The Labute approximate surface area is 107 Å². The monoisotopic (exact) mass is 253 g/mol. The SMILES string of the molecule is CC/C(=C/CNc1cc(OC)n(C)n1)C(=O)OC. The Hall–Kier alpha value is -1.98. The van der Waals surface area contributed by atoms with Gasteiger partial charge in [-0.25, -0.2) is 9.48 Å². The number of nitrogens with one attached hydrogen (secondary N) is 1. The van der Waals surface area contributed by atoms with Crippen molar-refractivity contribution in [2.45, 2.75) is 13.3 Å². The molecular weight excluding hydrogens is 234 g/mol. The number of rotatable bonds is 6. The number of carbonyl (C=O) groups excluding carboxylic acids is 1. The molecule has 0 saturated carbocycles. The molecule has 0 bridgehead atoms. The van der Waals surface area contributed by atoms with E-state index < -0.39 is 0 Å². The molecular formula is C12H19N3O3. The van der Waals surface area contributed by atoms with E-state index >= 15 is 0 Å². The highest BCUT2D eigenvalue weighted by molar-refractivity contribution is 5.88. The molecule has 0 aliphatic carbocycles. The third-order valence-corrected chi connectivity index (χ3v) is 2.51. The maximum absolute atomic E-state index is 11.3. The summed E-state index contributed by atoms with van der Waals surface area (Å²) in [5.41, 5.74) is 0.646. The molecule has 0 fully saturated rings. The molecule has 6 heteroatoms. The van der Waals surface area contributed by atoms with Crippen LogP contribution in [0, 0.1) is 0 Å². The Bertz CT molecular complexity index is 438. The number of hydrogen-bond donors (Lipinski definition) is 1. The van der Waals surface area contributed by atoms with E-state index in [9.17, 15) is 4.79 Å². The number of methoxy groups -OCH3 is 2. The molecule has 0 amide bonds. The van der Waals surface area contributed by atoms with Gasteiger partial charge in [-0.3, -0.25) is 0 Å². The van der Waals surface area contributed by atoms with Crippen LogP contribution in [0.2, 0.25) is 0 Å². The first-order chi connectivity index (χ1) is 8.62. The molecule has 1 aromatic heterocycles. The summed E-state index contributed by atoms with van der Waals surface area (Å²) in [4.78, 5) is 11.3. The van der Waals surface area contributed by atoms with Gasteiger partial charge >= 0.3 is 5.97 Å². The lowest BCUT2D eigenvalue weighted by atomic mass is 10.2.